The molecule has 4 aromatic rings. The van der Waals surface area contributed by atoms with Crippen LogP contribution >= 0.6 is 11.6 Å². The molecule has 1 aliphatic rings. The first-order chi connectivity index (χ1) is 18.6. The molecule has 204 valence electrons. The van der Waals surface area contributed by atoms with Crippen molar-refractivity contribution in [2.24, 2.45) is 7.05 Å². The third-order valence-corrected chi connectivity index (χ3v) is 7.56. The van der Waals surface area contributed by atoms with E-state index in [1.54, 1.807) is 57.1 Å². The molecule has 10 heteroatoms. The van der Waals surface area contributed by atoms with Crippen molar-refractivity contribution in [1.82, 2.24) is 24.0 Å². The maximum Gasteiger partial charge on any atom is 0.332 e. The lowest BCUT2D eigenvalue weighted by Gasteiger charge is -2.43. The Balaban J connectivity index is 1.48. The third-order valence-electron chi connectivity index (χ3n) is 7.26. The van der Waals surface area contributed by atoms with Crippen LogP contribution in [0.15, 0.2) is 59.9 Å². The van der Waals surface area contributed by atoms with Crippen LogP contribution in [0.2, 0.25) is 5.02 Å². The SMILES string of the molecule is COc1ncc(-c2nccc(-c3ccc(-n4ccn(C)c4=O)c(Cl)c3)c2O)cc1N1CCN(C(C)(C)C)CC1. The van der Waals surface area contributed by atoms with Gasteiger partial charge >= 0.3 is 5.69 Å². The summed E-state index contributed by atoms with van der Waals surface area (Å²) in [4.78, 5) is 26.1. The van der Waals surface area contributed by atoms with Crippen LogP contribution in [-0.4, -0.2) is 67.9 Å². The number of piperazine rings is 1. The van der Waals surface area contributed by atoms with Gasteiger partial charge in [-0.05, 0) is 50.6 Å². The first-order valence-electron chi connectivity index (χ1n) is 12.8. The van der Waals surface area contributed by atoms with Crippen LogP contribution in [0.5, 0.6) is 11.6 Å². The molecule has 0 unspecified atom stereocenters. The summed E-state index contributed by atoms with van der Waals surface area (Å²) < 4.78 is 8.55. The molecule has 3 aromatic heterocycles. The number of aromatic nitrogens is 4. The number of benzene rings is 1. The predicted octanol–water partition coefficient (Wildman–Crippen LogP) is 4.59. The Bertz CT molecular complexity index is 1560. The maximum atomic E-state index is 12.4. The number of nitrogens with zero attached hydrogens (tertiary/aromatic N) is 6. The Morgan fingerprint density at radius 2 is 1.72 bits per heavy atom. The van der Waals surface area contributed by atoms with Crippen molar-refractivity contribution < 1.29 is 9.84 Å². The van der Waals surface area contributed by atoms with E-state index in [1.165, 1.54) is 9.13 Å². The highest BCUT2D eigenvalue weighted by Gasteiger charge is 2.28. The molecule has 39 heavy (non-hydrogen) atoms. The van der Waals surface area contributed by atoms with Gasteiger partial charge in [0, 0.05) is 74.7 Å². The van der Waals surface area contributed by atoms with Gasteiger partial charge in [0.2, 0.25) is 5.88 Å². The monoisotopic (exact) mass is 548 g/mol. The fraction of sp³-hybridized carbons (Fsp3) is 0.345. The molecule has 4 heterocycles. The minimum Gasteiger partial charge on any atom is -0.505 e. The quantitative estimate of drug-likeness (QED) is 0.390. The van der Waals surface area contributed by atoms with E-state index >= 15 is 0 Å². The van der Waals surface area contributed by atoms with Crippen molar-refractivity contribution >= 4 is 17.3 Å². The zero-order valence-electron chi connectivity index (χ0n) is 22.8. The molecule has 0 bridgehead atoms. The van der Waals surface area contributed by atoms with Gasteiger partial charge in [-0.25, -0.2) is 9.78 Å². The zero-order valence-corrected chi connectivity index (χ0v) is 23.6. The maximum absolute atomic E-state index is 12.4. The smallest absolute Gasteiger partial charge is 0.332 e. The van der Waals surface area contributed by atoms with E-state index in [2.05, 4.69) is 40.5 Å². The minimum absolute atomic E-state index is 0.0219. The standard InChI is InChI=1S/C29H33ClN6O3/c1-29(2,3)35-13-11-34(12-14-35)24-17-20(18-32-27(24)39-5)25-26(37)21(8-9-31-25)19-6-7-23(22(30)16-19)36-15-10-33(4)28(36)38/h6-10,15-18,37H,11-14H2,1-5H3. The summed E-state index contributed by atoms with van der Waals surface area (Å²) >= 11 is 6.58. The molecule has 1 fully saturated rings. The van der Waals surface area contributed by atoms with Crippen LogP contribution in [0.4, 0.5) is 5.69 Å². The molecule has 9 nitrogen and oxygen atoms in total. The van der Waals surface area contributed by atoms with Crippen molar-refractivity contribution in [1.29, 1.82) is 0 Å². The van der Waals surface area contributed by atoms with Crippen molar-refractivity contribution in [2.45, 2.75) is 26.3 Å². The summed E-state index contributed by atoms with van der Waals surface area (Å²) in [5, 5.41) is 11.7. The summed E-state index contributed by atoms with van der Waals surface area (Å²) in [6.07, 6.45) is 6.66. The summed E-state index contributed by atoms with van der Waals surface area (Å²) in [6, 6.07) is 9.04. The molecule has 0 amide bonds. The van der Waals surface area contributed by atoms with Crippen LogP contribution in [0.25, 0.3) is 28.1 Å². The minimum atomic E-state index is -0.193. The van der Waals surface area contributed by atoms with Crippen LogP contribution in [0.3, 0.4) is 0 Å². The number of aromatic hydroxyl groups is 1. The number of halogens is 1. The van der Waals surface area contributed by atoms with Crippen molar-refractivity contribution in [3.8, 4) is 39.7 Å². The van der Waals surface area contributed by atoms with Gasteiger partial charge < -0.3 is 19.3 Å². The van der Waals surface area contributed by atoms with E-state index in [9.17, 15) is 9.90 Å². The first-order valence-corrected chi connectivity index (χ1v) is 13.2. The number of rotatable bonds is 5. The van der Waals surface area contributed by atoms with Crippen LogP contribution in [0.1, 0.15) is 20.8 Å². The molecule has 1 N–H and O–H groups in total. The highest BCUT2D eigenvalue weighted by atomic mass is 35.5. The molecular weight excluding hydrogens is 516 g/mol. The average molecular weight is 549 g/mol. The van der Waals surface area contributed by atoms with Crippen LogP contribution in [-0.2, 0) is 7.05 Å². The van der Waals surface area contributed by atoms with Gasteiger partial charge in [-0.1, -0.05) is 17.7 Å². The molecule has 0 saturated carbocycles. The Labute approximate surface area is 232 Å². The van der Waals surface area contributed by atoms with Gasteiger partial charge in [0.05, 0.1) is 17.8 Å². The molecule has 0 aliphatic carbocycles. The topological polar surface area (TPSA) is 88.6 Å². The highest BCUT2D eigenvalue weighted by Crippen LogP contribution is 2.40. The molecule has 1 saturated heterocycles. The largest absolute Gasteiger partial charge is 0.505 e. The van der Waals surface area contributed by atoms with Crippen molar-refractivity contribution in [2.75, 3.05) is 38.2 Å². The molecule has 0 spiro atoms. The molecular formula is C29H33ClN6O3. The highest BCUT2D eigenvalue weighted by molar-refractivity contribution is 6.32. The van der Waals surface area contributed by atoms with Crippen LogP contribution < -0.4 is 15.3 Å². The number of hydrogen-bond acceptors (Lipinski definition) is 7. The average Bonchev–Trinajstić information content (AvgIpc) is 3.25. The molecule has 1 aromatic carbocycles. The summed E-state index contributed by atoms with van der Waals surface area (Å²) in [6.45, 7) is 10.2. The van der Waals surface area contributed by atoms with E-state index in [1.807, 2.05) is 12.1 Å². The van der Waals surface area contributed by atoms with E-state index in [-0.39, 0.29) is 17.0 Å². The lowest BCUT2D eigenvalue weighted by atomic mass is 10.0. The fourth-order valence-electron chi connectivity index (χ4n) is 4.99. The molecule has 0 radical (unpaired) electrons. The lowest BCUT2D eigenvalue weighted by molar-refractivity contribution is 0.128. The van der Waals surface area contributed by atoms with E-state index < -0.39 is 0 Å². The van der Waals surface area contributed by atoms with Gasteiger partial charge in [0.15, 0.2) is 0 Å². The van der Waals surface area contributed by atoms with Gasteiger partial charge in [-0.3, -0.25) is 14.5 Å². The normalized spacial score (nSPS) is 14.6. The van der Waals surface area contributed by atoms with E-state index in [0.717, 1.165) is 31.9 Å². The fourth-order valence-corrected chi connectivity index (χ4v) is 5.26. The van der Waals surface area contributed by atoms with Gasteiger partial charge in [-0.2, -0.15) is 0 Å². The number of hydrogen-bond donors (Lipinski definition) is 1. The van der Waals surface area contributed by atoms with E-state index in [0.29, 0.717) is 39.0 Å². The van der Waals surface area contributed by atoms with Gasteiger partial charge in [0.1, 0.15) is 17.1 Å². The second kappa shape index (κ2) is 10.4. The lowest BCUT2D eigenvalue weighted by Crippen LogP contribution is -2.53. The van der Waals surface area contributed by atoms with Crippen LogP contribution in [0, 0.1) is 0 Å². The number of methoxy groups -OCH3 is 1. The summed E-state index contributed by atoms with van der Waals surface area (Å²) in [5.74, 6) is 0.561. The van der Waals surface area contributed by atoms with Gasteiger partial charge in [0.25, 0.3) is 0 Å². The Hall–Kier alpha value is -3.82. The Kier molecular flexibility index (Phi) is 7.13. The summed E-state index contributed by atoms with van der Waals surface area (Å²) in [5.41, 5.74) is 3.73. The van der Waals surface area contributed by atoms with Gasteiger partial charge in [-0.15, -0.1) is 0 Å². The second-order valence-electron chi connectivity index (χ2n) is 10.7. The number of imidazole rings is 1. The molecule has 1 aliphatic heterocycles. The predicted molar refractivity (Wildman–Crippen MR) is 154 cm³/mol. The Morgan fingerprint density at radius 3 is 2.33 bits per heavy atom. The number of anilines is 1. The Morgan fingerprint density at radius 1 is 0.974 bits per heavy atom. The number of aryl methyl sites for hydroxylation is 1. The number of ether oxygens (including phenoxy) is 1. The van der Waals surface area contributed by atoms with Crippen molar-refractivity contribution in [3.05, 3.63) is 70.6 Å². The summed E-state index contributed by atoms with van der Waals surface area (Å²) in [7, 11) is 3.30. The third kappa shape index (κ3) is 5.12. The number of pyridine rings is 2. The first kappa shape index (κ1) is 26.8. The second-order valence-corrected chi connectivity index (χ2v) is 11.1. The molecule has 5 rings (SSSR count). The molecule has 0 atom stereocenters. The van der Waals surface area contributed by atoms with Crippen molar-refractivity contribution in [3.63, 3.8) is 0 Å². The van der Waals surface area contributed by atoms with E-state index in [4.69, 9.17) is 16.3 Å². The zero-order chi connectivity index (χ0) is 27.9.